The third-order valence-corrected chi connectivity index (χ3v) is 6.74. The van der Waals surface area contributed by atoms with Gasteiger partial charge in [0.15, 0.2) is 5.69 Å². The minimum Gasteiger partial charge on any atom is -0.352 e. The zero-order valence-corrected chi connectivity index (χ0v) is 20.9. The number of anilines is 1. The number of aromatic nitrogens is 2. The van der Waals surface area contributed by atoms with Gasteiger partial charge in [-0.05, 0) is 37.5 Å². The lowest BCUT2D eigenvalue weighted by Gasteiger charge is -2.29. The van der Waals surface area contributed by atoms with Gasteiger partial charge in [0.2, 0.25) is 0 Å². The SMILES string of the molecule is CC1CCCCC1.CCNC(=O)C1=C(C)Nc2cc(C(F)(F)F)nn2C1c1ccc(Cl)c(Cl)c1. The van der Waals surface area contributed by atoms with E-state index >= 15 is 0 Å². The van der Waals surface area contributed by atoms with E-state index in [1.54, 1.807) is 19.9 Å². The predicted molar refractivity (Wildman–Crippen MR) is 129 cm³/mol. The second-order valence-electron chi connectivity index (χ2n) is 8.70. The lowest BCUT2D eigenvalue weighted by atomic mass is 9.91. The molecule has 2 aromatic rings. The van der Waals surface area contributed by atoms with E-state index in [4.69, 9.17) is 23.2 Å². The van der Waals surface area contributed by atoms with Crippen LogP contribution >= 0.6 is 23.2 Å². The van der Waals surface area contributed by atoms with Crippen LogP contribution in [0.2, 0.25) is 10.0 Å². The second-order valence-corrected chi connectivity index (χ2v) is 9.51. The van der Waals surface area contributed by atoms with Crippen molar-refractivity contribution >= 4 is 34.9 Å². The largest absolute Gasteiger partial charge is 0.435 e. The van der Waals surface area contributed by atoms with Crippen molar-refractivity contribution in [3.8, 4) is 0 Å². The molecule has 1 unspecified atom stereocenters. The molecule has 1 saturated carbocycles. The van der Waals surface area contributed by atoms with Crippen LogP contribution in [0.3, 0.4) is 0 Å². The van der Waals surface area contributed by atoms with Crippen LogP contribution in [0.1, 0.15) is 70.2 Å². The summed E-state index contributed by atoms with van der Waals surface area (Å²) in [4.78, 5) is 12.6. The summed E-state index contributed by atoms with van der Waals surface area (Å²) >= 11 is 12.0. The molecule has 2 aliphatic rings. The van der Waals surface area contributed by atoms with Crippen LogP contribution in [0.25, 0.3) is 0 Å². The van der Waals surface area contributed by atoms with Crippen LogP contribution in [0.4, 0.5) is 19.0 Å². The van der Waals surface area contributed by atoms with Gasteiger partial charge >= 0.3 is 6.18 Å². The van der Waals surface area contributed by atoms with Gasteiger partial charge in [-0.2, -0.15) is 18.3 Å². The topological polar surface area (TPSA) is 59.0 Å². The molecule has 0 spiro atoms. The number of likely N-dealkylation sites (N-methyl/N-ethyl adjacent to an activating group) is 1. The number of nitrogens with zero attached hydrogens (tertiary/aromatic N) is 2. The summed E-state index contributed by atoms with van der Waals surface area (Å²) in [6.07, 6.45) is 2.82. The molecule has 0 saturated heterocycles. The Morgan fingerprint density at radius 2 is 1.85 bits per heavy atom. The van der Waals surface area contributed by atoms with Gasteiger partial charge in [0, 0.05) is 18.3 Å². The summed E-state index contributed by atoms with van der Waals surface area (Å²) in [5.41, 5.74) is 0.113. The summed E-state index contributed by atoms with van der Waals surface area (Å²) in [6.45, 7) is 6.10. The van der Waals surface area contributed by atoms with Gasteiger partial charge < -0.3 is 10.6 Å². The molecule has 186 valence electrons. The van der Waals surface area contributed by atoms with E-state index in [1.165, 1.54) is 44.2 Å². The average molecular weight is 517 g/mol. The van der Waals surface area contributed by atoms with Gasteiger partial charge in [-0.1, -0.05) is 68.3 Å². The highest BCUT2D eigenvalue weighted by molar-refractivity contribution is 6.42. The normalized spacial score (nSPS) is 18.5. The van der Waals surface area contributed by atoms with E-state index in [1.807, 2.05) is 0 Å². The molecule has 1 aliphatic heterocycles. The average Bonchev–Trinajstić information content (AvgIpc) is 3.20. The fourth-order valence-corrected chi connectivity index (χ4v) is 4.56. The summed E-state index contributed by atoms with van der Waals surface area (Å²) in [5.74, 6) is 0.756. The molecule has 34 heavy (non-hydrogen) atoms. The molecule has 1 fully saturated rings. The third-order valence-electron chi connectivity index (χ3n) is 6.00. The predicted octanol–water partition coefficient (Wildman–Crippen LogP) is 7.22. The minimum atomic E-state index is -4.62. The molecule has 1 aromatic heterocycles. The molecule has 0 radical (unpaired) electrons. The minimum absolute atomic E-state index is 0.129. The first-order chi connectivity index (χ1) is 16.0. The molecule has 5 nitrogen and oxygen atoms in total. The number of hydrogen-bond donors (Lipinski definition) is 2. The highest BCUT2D eigenvalue weighted by atomic mass is 35.5. The number of fused-ring (bicyclic) bond motifs is 1. The van der Waals surface area contributed by atoms with Crippen LogP contribution in [0.15, 0.2) is 35.5 Å². The Labute approximate surface area is 207 Å². The highest BCUT2D eigenvalue weighted by Crippen LogP contribution is 2.40. The van der Waals surface area contributed by atoms with E-state index < -0.39 is 23.8 Å². The van der Waals surface area contributed by atoms with Gasteiger partial charge in [0.1, 0.15) is 11.9 Å². The highest BCUT2D eigenvalue weighted by Gasteiger charge is 2.39. The number of carbonyl (C=O) groups excluding carboxylic acids is 1. The number of carbonyl (C=O) groups is 1. The molecule has 1 aliphatic carbocycles. The molecule has 0 bridgehead atoms. The van der Waals surface area contributed by atoms with Crippen molar-refractivity contribution in [1.29, 1.82) is 0 Å². The first-order valence-electron chi connectivity index (χ1n) is 11.4. The van der Waals surface area contributed by atoms with E-state index in [0.717, 1.165) is 16.7 Å². The summed E-state index contributed by atoms with van der Waals surface area (Å²) in [7, 11) is 0. The summed E-state index contributed by atoms with van der Waals surface area (Å²) in [5, 5.41) is 9.73. The number of amides is 1. The number of hydrogen-bond acceptors (Lipinski definition) is 3. The quantitative estimate of drug-likeness (QED) is 0.452. The van der Waals surface area contributed by atoms with E-state index in [-0.39, 0.29) is 16.4 Å². The van der Waals surface area contributed by atoms with Crippen molar-refractivity contribution in [3.05, 3.63) is 56.8 Å². The van der Waals surface area contributed by atoms with Crippen molar-refractivity contribution in [2.45, 2.75) is 65.1 Å². The van der Waals surface area contributed by atoms with Crippen LogP contribution in [-0.4, -0.2) is 22.2 Å². The van der Waals surface area contributed by atoms with Crippen molar-refractivity contribution < 1.29 is 18.0 Å². The van der Waals surface area contributed by atoms with Crippen molar-refractivity contribution in [1.82, 2.24) is 15.1 Å². The molecule has 1 atom stereocenters. The first-order valence-corrected chi connectivity index (χ1v) is 12.2. The molecule has 4 rings (SSSR count). The molecule has 10 heteroatoms. The fourth-order valence-electron chi connectivity index (χ4n) is 4.26. The first kappa shape index (κ1) is 26.4. The Bertz CT molecular complexity index is 1060. The molecular formula is C24H29Cl2F3N4O. The molecule has 2 N–H and O–H groups in total. The second kappa shape index (κ2) is 11.0. The van der Waals surface area contributed by atoms with Gasteiger partial charge in [-0.3, -0.25) is 4.79 Å². The number of nitrogens with one attached hydrogen (secondary N) is 2. The van der Waals surface area contributed by atoms with Gasteiger partial charge in [-0.15, -0.1) is 0 Å². The van der Waals surface area contributed by atoms with E-state index in [0.29, 0.717) is 22.8 Å². The number of rotatable bonds is 3. The van der Waals surface area contributed by atoms with Gasteiger partial charge in [-0.25, -0.2) is 4.68 Å². The van der Waals surface area contributed by atoms with Crippen LogP contribution in [0.5, 0.6) is 0 Å². The Balaban J connectivity index is 0.000000396. The molecule has 1 amide bonds. The van der Waals surface area contributed by atoms with Gasteiger partial charge in [0.25, 0.3) is 5.91 Å². The van der Waals surface area contributed by atoms with Crippen LogP contribution in [-0.2, 0) is 11.0 Å². The molecule has 1 aromatic carbocycles. The number of alkyl halides is 3. The lowest BCUT2D eigenvalue weighted by Crippen LogP contribution is -2.35. The lowest BCUT2D eigenvalue weighted by molar-refractivity contribution is -0.141. The standard InChI is InChI=1S/C17H15Cl2F3N4O.C7H14/c1-3-23-16(27)14-8(2)24-13-7-12(17(20,21)22)25-26(13)15(14)9-4-5-10(18)11(19)6-9;1-7-5-3-2-4-6-7/h4-7,15,24H,3H2,1-2H3,(H,23,27);7H,2-6H2,1H3. The molecular weight excluding hydrogens is 488 g/mol. The fraction of sp³-hybridized carbons (Fsp3) is 0.500. The maximum Gasteiger partial charge on any atom is 0.435 e. The van der Waals surface area contributed by atoms with Crippen molar-refractivity contribution in [2.24, 2.45) is 5.92 Å². The Morgan fingerprint density at radius 3 is 2.38 bits per heavy atom. The maximum absolute atomic E-state index is 13.2. The maximum atomic E-state index is 13.2. The zero-order chi connectivity index (χ0) is 25.0. The monoisotopic (exact) mass is 516 g/mol. The van der Waals surface area contributed by atoms with Crippen molar-refractivity contribution in [2.75, 3.05) is 11.9 Å². The number of benzene rings is 1. The Hall–Kier alpha value is -2.19. The summed E-state index contributed by atoms with van der Waals surface area (Å²) < 4.78 is 40.6. The number of halogens is 5. The molecule has 2 heterocycles. The zero-order valence-electron chi connectivity index (χ0n) is 19.4. The van der Waals surface area contributed by atoms with Crippen LogP contribution in [0, 0.1) is 5.92 Å². The Kier molecular flexibility index (Phi) is 8.57. The Morgan fingerprint density at radius 1 is 1.18 bits per heavy atom. The third kappa shape index (κ3) is 6.08. The van der Waals surface area contributed by atoms with Crippen molar-refractivity contribution in [3.63, 3.8) is 0 Å². The summed E-state index contributed by atoms with van der Waals surface area (Å²) in [6, 6.07) is 4.67. The van der Waals surface area contributed by atoms with E-state index in [9.17, 15) is 18.0 Å². The van der Waals surface area contributed by atoms with Crippen LogP contribution < -0.4 is 10.6 Å². The number of allylic oxidation sites excluding steroid dienone is 1. The van der Waals surface area contributed by atoms with Gasteiger partial charge in [0.05, 0.1) is 15.6 Å². The van der Waals surface area contributed by atoms with E-state index in [2.05, 4.69) is 22.7 Å². The smallest absolute Gasteiger partial charge is 0.352 e.